The molecule has 3 heteroatoms. The third-order valence-corrected chi connectivity index (χ3v) is 3.50. The highest BCUT2D eigenvalue weighted by Gasteiger charge is 2.06. The van der Waals surface area contributed by atoms with Crippen LogP contribution in [0, 0.1) is 0 Å². The molecule has 21 heavy (non-hydrogen) atoms. The maximum Gasteiger partial charge on any atom is 0.161 e. The minimum atomic E-state index is 0.0259. The molecule has 0 bridgehead atoms. The summed E-state index contributed by atoms with van der Waals surface area (Å²) in [5, 5.41) is 9.16. The van der Waals surface area contributed by atoms with Gasteiger partial charge in [-0.1, -0.05) is 51.5 Å². The monoisotopic (exact) mass is 294 g/mol. The third kappa shape index (κ3) is 7.37. The quantitative estimate of drug-likeness (QED) is 0.567. The Kier molecular flexibility index (Phi) is 9.71. The van der Waals surface area contributed by atoms with Gasteiger partial charge in [0.1, 0.15) is 0 Å². The van der Waals surface area contributed by atoms with E-state index in [1.807, 2.05) is 25.1 Å². The van der Waals surface area contributed by atoms with Crippen LogP contribution in [0.3, 0.4) is 0 Å². The second-order valence-electron chi connectivity index (χ2n) is 5.34. The summed E-state index contributed by atoms with van der Waals surface area (Å²) in [7, 11) is 0. The number of hydrogen-bond donors (Lipinski definition) is 1. The molecular weight excluding hydrogens is 264 g/mol. The standard InChI is InChI=1S/C18H30O3/c1-3-5-6-7-8-9-10-13-21-17-12-11-16(15-19)14-18(17)20-4-2/h11-12,14,19H,3-10,13,15H2,1-2H3. The molecule has 0 fully saturated rings. The minimum absolute atomic E-state index is 0.0259. The number of unbranched alkanes of at least 4 members (excludes halogenated alkanes) is 6. The Hall–Kier alpha value is -1.22. The van der Waals surface area contributed by atoms with Crippen LogP contribution in [0.1, 0.15) is 64.4 Å². The highest BCUT2D eigenvalue weighted by molar-refractivity contribution is 5.42. The molecule has 3 nitrogen and oxygen atoms in total. The van der Waals surface area contributed by atoms with Gasteiger partial charge in [-0.3, -0.25) is 0 Å². The van der Waals surface area contributed by atoms with Crippen molar-refractivity contribution in [1.29, 1.82) is 0 Å². The molecule has 0 saturated carbocycles. The first-order chi connectivity index (χ1) is 10.3. The van der Waals surface area contributed by atoms with E-state index in [4.69, 9.17) is 14.6 Å². The lowest BCUT2D eigenvalue weighted by Crippen LogP contribution is -2.01. The summed E-state index contributed by atoms with van der Waals surface area (Å²) in [6.45, 7) is 5.55. The van der Waals surface area contributed by atoms with Crippen LogP contribution in [0.25, 0.3) is 0 Å². The van der Waals surface area contributed by atoms with E-state index < -0.39 is 0 Å². The molecule has 0 spiro atoms. The fourth-order valence-corrected chi connectivity index (χ4v) is 2.28. The van der Waals surface area contributed by atoms with Crippen LogP contribution in [-0.4, -0.2) is 18.3 Å². The van der Waals surface area contributed by atoms with Crippen LogP contribution in [0.15, 0.2) is 18.2 Å². The molecule has 0 heterocycles. The van der Waals surface area contributed by atoms with Gasteiger partial charge in [0.2, 0.25) is 0 Å². The maximum atomic E-state index is 9.16. The first kappa shape index (κ1) is 17.8. The molecule has 0 aliphatic carbocycles. The van der Waals surface area contributed by atoms with Gasteiger partial charge in [0.15, 0.2) is 11.5 Å². The van der Waals surface area contributed by atoms with Gasteiger partial charge >= 0.3 is 0 Å². The molecular formula is C18H30O3. The topological polar surface area (TPSA) is 38.7 Å². The fraction of sp³-hybridized carbons (Fsp3) is 0.667. The second kappa shape index (κ2) is 11.4. The summed E-state index contributed by atoms with van der Waals surface area (Å²) in [5.41, 5.74) is 0.849. The van der Waals surface area contributed by atoms with E-state index in [0.717, 1.165) is 30.1 Å². The van der Waals surface area contributed by atoms with Gasteiger partial charge in [-0.05, 0) is 31.0 Å². The largest absolute Gasteiger partial charge is 0.490 e. The van der Waals surface area contributed by atoms with Crippen molar-refractivity contribution < 1.29 is 14.6 Å². The fourth-order valence-electron chi connectivity index (χ4n) is 2.28. The van der Waals surface area contributed by atoms with Crippen LogP contribution in [-0.2, 0) is 6.61 Å². The SMILES string of the molecule is CCCCCCCCCOc1ccc(CO)cc1OCC. The predicted molar refractivity (Wildman–Crippen MR) is 87.0 cm³/mol. The van der Waals surface area contributed by atoms with Crippen molar-refractivity contribution in [2.75, 3.05) is 13.2 Å². The van der Waals surface area contributed by atoms with E-state index >= 15 is 0 Å². The van der Waals surface area contributed by atoms with Crippen LogP contribution in [0.2, 0.25) is 0 Å². The van der Waals surface area contributed by atoms with Gasteiger partial charge in [-0.2, -0.15) is 0 Å². The number of rotatable bonds is 12. The molecule has 1 aromatic carbocycles. The predicted octanol–water partition coefficient (Wildman–Crippen LogP) is 4.71. The average molecular weight is 294 g/mol. The van der Waals surface area contributed by atoms with Crippen molar-refractivity contribution in [3.05, 3.63) is 23.8 Å². The molecule has 0 aliphatic heterocycles. The molecule has 1 aromatic rings. The summed E-state index contributed by atoms with van der Waals surface area (Å²) in [6.07, 6.45) is 8.95. The van der Waals surface area contributed by atoms with E-state index in [1.54, 1.807) is 0 Å². The minimum Gasteiger partial charge on any atom is -0.490 e. The Morgan fingerprint density at radius 1 is 0.857 bits per heavy atom. The third-order valence-electron chi connectivity index (χ3n) is 3.50. The van der Waals surface area contributed by atoms with E-state index in [2.05, 4.69) is 6.92 Å². The second-order valence-corrected chi connectivity index (χ2v) is 5.34. The smallest absolute Gasteiger partial charge is 0.161 e. The maximum absolute atomic E-state index is 9.16. The van der Waals surface area contributed by atoms with E-state index in [-0.39, 0.29) is 6.61 Å². The summed E-state index contributed by atoms with van der Waals surface area (Å²) in [5.74, 6) is 1.51. The normalized spacial score (nSPS) is 10.6. The van der Waals surface area contributed by atoms with Crippen molar-refractivity contribution in [2.24, 2.45) is 0 Å². The van der Waals surface area contributed by atoms with Crippen molar-refractivity contribution in [2.45, 2.75) is 65.4 Å². The molecule has 0 aliphatic rings. The van der Waals surface area contributed by atoms with E-state index in [0.29, 0.717) is 6.61 Å². The molecule has 0 saturated heterocycles. The molecule has 0 amide bonds. The zero-order valence-corrected chi connectivity index (χ0v) is 13.6. The van der Waals surface area contributed by atoms with Crippen LogP contribution in [0.5, 0.6) is 11.5 Å². The van der Waals surface area contributed by atoms with Crippen LogP contribution < -0.4 is 9.47 Å². The van der Waals surface area contributed by atoms with Crippen LogP contribution in [0.4, 0.5) is 0 Å². The van der Waals surface area contributed by atoms with Gasteiger partial charge in [-0.25, -0.2) is 0 Å². The van der Waals surface area contributed by atoms with Gasteiger partial charge in [0, 0.05) is 0 Å². The Bertz CT molecular complexity index is 377. The molecule has 1 rings (SSSR count). The number of hydrogen-bond acceptors (Lipinski definition) is 3. The Morgan fingerprint density at radius 3 is 2.24 bits per heavy atom. The first-order valence-corrected chi connectivity index (χ1v) is 8.31. The highest BCUT2D eigenvalue weighted by atomic mass is 16.5. The molecule has 0 atom stereocenters. The number of aliphatic hydroxyl groups excluding tert-OH is 1. The average Bonchev–Trinajstić information content (AvgIpc) is 2.51. The number of ether oxygens (including phenoxy) is 2. The Labute approximate surface area is 129 Å². The van der Waals surface area contributed by atoms with Gasteiger partial charge in [-0.15, -0.1) is 0 Å². The van der Waals surface area contributed by atoms with Gasteiger partial charge < -0.3 is 14.6 Å². The van der Waals surface area contributed by atoms with Crippen molar-refractivity contribution in [3.63, 3.8) is 0 Å². The first-order valence-electron chi connectivity index (χ1n) is 8.31. The zero-order chi connectivity index (χ0) is 15.3. The molecule has 120 valence electrons. The van der Waals surface area contributed by atoms with E-state index in [1.165, 1.54) is 38.5 Å². The lowest BCUT2D eigenvalue weighted by molar-refractivity contribution is 0.264. The molecule has 0 radical (unpaired) electrons. The molecule has 0 unspecified atom stereocenters. The lowest BCUT2D eigenvalue weighted by atomic mass is 10.1. The van der Waals surface area contributed by atoms with Crippen molar-refractivity contribution in [3.8, 4) is 11.5 Å². The zero-order valence-electron chi connectivity index (χ0n) is 13.6. The highest BCUT2D eigenvalue weighted by Crippen LogP contribution is 2.28. The van der Waals surface area contributed by atoms with Gasteiger partial charge in [0.25, 0.3) is 0 Å². The van der Waals surface area contributed by atoms with Crippen LogP contribution >= 0.6 is 0 Å². The number of aliphatic hydroxyl groups is 1. The summed E-state index contributed by atoms with van der Waals surface area (Å²) in [4.78, 5) is 0. The molecule has 0 aromatic heterocycles. The summed E-state index contributed by atoms with van der Waals surface area (Å²) >= 11 is 0. The van der Waals surface area contributed by atoms with Crippen molar-refractivity contribution >= 4 is 0 Å². The summed E-state index contributed by atoms with van der Waals surface area (Å²) < 4.78 is 11.4. The lowest BCUT2D eigenvalue weighted by Gasteiger charge is -2.13. The number of benzene rings is 1. The molecule has 1 N–H and O–H groups in total. The van der Waals surface area contributed by atoms with E-state index in [9.17, 15) is 0 Å². The Balaban J connectivity index is 2.27. The summed E-state index contributed by atoms with van der Waals surface area (Å²) in [6, 6.07) is 5.62. The Morgan fingerprint density at radius 2 is 1.57 bits per heavy atom. The van der Waals surface area contributed by atoms with Crippen molar-refractivity contribution in [1.82, 2.24) is 0 Å². The van der Waals surface area contributed by atoms with Gasteiger partial charge in [0.05, 0.1) is 19.8 Å².